The van der Waals surface area contributed by atoms with Crippen molar-refractivity contribution in [3.05, 3.63) is 33.5 Å². The van der Waals surface area contributed by atoms with Gasteiger partial charge in [0.25, 0.3) is 0 Å². The molecular formula is C21H31ClFN3O2. The van der Waals surface area contributed by atoms with Gasteiger partial charge in [0.15, 0.2) is 0 Å². The van der Waals surface area contributed by atoms with Crippen LogP contribution in [0.25, 0.3) is 11.0 Å². The summed E-state index contributed by atoms with van der Waals surface area (Å²) < 4.78 is 20.2. The Morgan fingerprint density at radius 1 is 1.14 bits per heavy atom. The predicted octanol–water partition coefficient (Wildman–Crippen LogP) is 4.25. The molecule has 2 aromatic rings. The number of piperidine rings is 1. The first-order chi connectivity index (χ1) is 13.1. The average Bonchev–Trinajstić information content (AvgIpc) is 3.03. The fourth-order valence-corrected chi connectivity index (χ4v) is 5.15. The predicted molar refractivity (Wildman–Crippen MR) is 112 cm³/mol. The van der Waals surface area contributed by atoms with E-state index in [4.69, 9.17) is 4.74 Å². The molecule has 28 heavy (non-hydrogen) atoms. The topological polar surface area (TPSA) is 61.1 Å². The second-order valence-corrected chi connectivity index (χ2v) is 8.09. The number of halogens is 2. The average molecular weight is 412 g/mol. The maximum absolute atomic E-state index is 14.4. The van der Waals surface area contributed by atoms with Crippen LogP contribution in [0.2, 0.25) is 0 Å². The monoisotopic (exact) mass is 411 g/mol. The minimum atomic E-state index is -0.264. The van der Waals surface area contributed by atoms with Crippen molar-refractivity contribution in [3.8, 4) is 0 Å². The maximum atomic E-state index is 14.4. The maximum Gasteiger partial charge on any atom is 0.323 e. The summed E-state index contributed by atoms with van der Waals surface area (Å²) in [6.45, 7) is 6.79. The van der Waals surface area contributed by atoms with Gasteiger partial charge in [0.05, 0.1) is 17.1 Å². The molecule has 2 N–H and O–H groups in total. The summed E-state index contributed by atoms with van der Waals surface area (Å²) in [5.41, 5.74) is 2.76. The second-order valence-electron chi connectivity index (χ2n) is 8.09. The molecule has 2 heterocycles. The van der Waals surface area contributed by atoms with Gasteiger partial charge in [0.1, 0.15) is 5.82 Å². The Hall–Kier alpha value is -1.37. The zero-order valence-electron chi connectivity index (χ0n) is 16.7. The van der Waals surface area contributed by atoms with Gasteiger partial charge in [-0.15, -0.1) is 12.4 Å². The van der Waals surface area contributed by atoms with E-state index < -0.39 is 0 Å². The number of hydrogen-bond acceptors (Lipinski definition) is 3. The van der Waals surface area contributed by atoms with Gasteiger partial charge in [-0.3, -0.25) is 0 Å². The van der Waals surface area contributed by atoms with Crippen molar-refractivity contribution in [1.29, 1.82) is 0 Å². The number of hydrogen-bond donors (Lipinski definition) is 2. The lowest BCUT2D eigenvalue weighted by atomic mass is 9.84. The molecule has 1 aromatic carbocycles. The Labute approximate surface area is 171 Å². The summed E-state index contributed by atoms with van der Waals surface area (Å²) in [6.07, 6.45) is 7.21. The molecule has 0 spiro atoms. The van der Waals surface area contributed by atoms with Gasteiger partial charge in [-0.1, -0.05) is 0 Å². The smallest absolute Gasteiger partial charge is 0.323 e. The number of nitrogens with one attached hydrogen (secondary N) is 2. The standard InChI is InChI=1S/C21H30FN3O2.ClH/c1-3-27-16-6-4-15(5-7-16)25-10-8-14(9-11-25)19-13(2)17(22)12-18-20(19)24-21(26)23-18;/h12,14-16H,3-11H2,1-2H3,(H2,23,24,26);1H. The fourth-order valence-electron chi connectivity index (χ4n) is 5.15. The molecule has 1 aliphatic heterocycles. The number of H-pyrrole nitrogens is 2. The molecule has 1 aromatic heterocycles. The van der Waals surface area contributed by atoms with E-state index in [2.05, 4.69) is 21.8 Å². The van der Waals surface area contributed by atoms with E-state index in [1.165, 1.54) is 18.9 Å². The summed E-state index contributed by atoms with van der Waals surface area (Å²) in [5.74, 6) is 0.0649. The van der Waals surface area contributed by atoms with Crippen molar-refractivity contribution >= 4 is 23.4 Å². The normalized spacial score (nSPS) is 24.4. The van der Waals surface area contributed by atoms with Gasteiger partial charge < -0.3 is 19.6 Å². The van der Waals surface area contributed by atoms with E-state index in [-0.39, 0.29) is 23.9 Å². The number of nitrogens with zero attached hydrogens (tertiary/aromatic N) is 1. The number of rotatable bonds is 4. The van der Waals surface area contributed by atoms with Crippen LogP contribution in [0.3, 0.4) is 0 Å². The Morgan fingerprint density at radius 2 is 1.82 bits per heavy atom. The van der Waals surface area contributed by atoms with Gasteiger partial charge in [-0.2, -0.15) is 0 Å². The minimum absolute atomic E-state index is 0. The highest BCUT2D eigenvalue weighted by Gasteiger charge is 2.31. The first-order valence-corrected chi connectivity index (χ1v) is 10.3. The van der Waals surface area contributed by atoms with Crippen molar-refractivity contribution in [2.24, 2.45) is 0 Å². The lowest BCUT2D eigenvalue weighted by molar-refractivity contribution is 0.00946. The lowest BCUT2D eigenvalue weighted by Gasteiger charge is -2.41. The molecule has 2 fully saturated rings. The summed E-state index contributed by atoms with van der Waals surface area (Å²) in [6, 6.07) is 2.08. The van der Waals surface area contributed by atoms with E-state index in [0.717, 1.165) is 56.5 Å². The molecule has 2 aliphatic rings. The summed E-state index contributed by atoms with van der Waals surface area (Å²) >= 11 is 0. The second kappa shape index (κ2) is 8.97. The van der Waals surface area contributed by atoms with Crippen LogP contribution >= 0.6 is 12.4 Å². The third-order valence-corrected chi connectivity index (χ3v) is 6.56. The van der Waals surface area contributed by atoms with Gasteiger partial charge in [0.2, 0.25) is 0 Å². The highest BCUT2D eigenvalue weighted by atomic mass is 35.5. The Kier molecular flexibility index (Phi) is 6.84. The van der Waals surface area contributed by atoms with Gasteiger partial charge in [-0.05, 0) is 88.6 Å². The number of aromatic amines is 2. The molecule has 0 radical (unpaired) electrons. The molecule has 5 nitrogen and oxygen atoms in total. The molecule has 0 amide bonds. The van der Waals surface area contributed by atoms with Crippen LogP contribution in [0.1, 0.15) is 62.5 Å². The number of ether oxygens (including phenoxy) is 1. The number of likely N-dealkylation sites (tertiary alicyclic amines) is 1. The van der Waals surface area contributed by atoms with E-state index in [1.807, 2.05) is 6.92 Å². The number of fused-ring (bicyclic) bond motifs is 1. The Morgan fingerprint density at radius 3 is 2.46 bits per heavy atom. The van der Waals surface area contributed by atoms with Gasteiger partial charge in [0, 0.05) is 12.6 Å². The van der Waals surface area contributed by atoms with Crippen molar-refractivity contribution in [2.75, 3.05) is 19.7 Å². The van der Waals surface area contributed by atoms with E-state index in [0.29, 0.717) is 29.1 Å². The lowest BCUT2D eigenvalue weighted by Crippen LogP contribution is -2.43. The first-order valence-electron chi connectivity index (χ1n) is 10.3. The molecule has 1 aliphatic carbocycles. The summed E-state index contributed by atoms with van der Waals surface area (Å²) in [4.78, 5) is 19.9. The van der Waals surface area contributed by atoms with Crippen LogP contribution < -0.4 is 5.69 Å². The number of imidazole rings is 1. The van der Waals surface area contributed by atoms with Crippen molar-refractivity contribution in [3.63, 3.8) is 0 Å². The van der Waals surface area contributed by atoms with Crippen LogP contribution in [-0.2, 0) is 4.74 Å². The third-order valence-electron chi connectivity index (χ3n) is 6.56. The van der Waals surface area contributed by atoms with Crippen LogP contribution in [0.15, 0.2) is 10.9 Å². The molecule has 156 valence electrons. The molecule has 1 saturated heterocycles. The molecule has 7 heteroatoms. The van der Waals surface area contributed by atoms with Crippen LogP contribution in [-0.4, -0.2) is 46.7 Å². The molecule has 0 atom stereocenters. The van der Waals surface area contributed by atoms with Gasteiger partial charge >= 0.3 is 5.69 Å². The molecular weight excluding hydrogens is 381 g/mol. The SMILES string of the molecule is CCOC1CCC(N2CCC(c3c(C)c(F)cc4[nH]c(=O)[nH]c34)CC2)CC1.Cl. The minimum Gasteiger partial charge on any atom is -0.379 e. The molecule has 1 saturated carbocycles. The quantitative estimate of drug-likeness (QED) is 0.790. The van der Waals surface area contributed by atoms with Crippen LogP contribution in [0.5, 0.6) is 0 Å². The third kappa shape index (κ3) is 4.14. The number of benzene rings is 1. The van der Waals surface area contributed by atoms with Crippen molar-refractivity contribution in [2.45, 2.75) is 70.4 Å². The van der Waals surface area contributed by atoms with E-state index in [1.54, 1.807) is 0 Å². The molecule has 4 rings (SSSR count). The summed E-state index contributed by atoms with van der Waals surface area (Å²) in [7, 11) is 0. The van der Waals surface area contributed by atoms with Crippen LogP contribution in [0.4, 0.5) is 4.39 Å². The first kappa shape index (κ1) is 21.3. The summed E-state index contributed by atoms with van der Waals surface area (Å²) in [5, 5.41) is 0. The van der Waals surface area contributed by atoms with E-state index >= 15 is 0 Å². The molecule has 0 unspecified atom stereocenters. The Balaban J connectivity index is 0.00000225. The van der Waals surface area contributed by atoms with Gasteiger partial charge in [-0.25, -0.2) is 9.18 Å². The highest BCUT2D eigenvalue weighted by molar-refractivity contribution is 5.85. The highest BCUT2D eigenvalue weighted by Crippen LogP contribution is 2.37. The largest absolute Gasteiger partial charge is 0.379 e. The zero-order chi connectivity index (χ0) is 19.0. The Bertz CT molecular complexity index is 849. The zero-order valence-corrected chi connectivity index (χ0v) is 17.5. The fraction of sp³-hybridized carbons (Fsp3) is 0.667. The van der Waals surface area contributed by atoms with Crippen molar-refractivity contribution in [1.82, 2.24) is 14.9 Å². The van der Waals surface area contributed by atoms with Crippen LogP contribution in [0, 0.1) is 12.7 Å². The molecule has 0 bridgehead atoms. The van der Waals surface area contributed by atoms with Crippen molar-refractivity contribution < 1.29 is 9.13 Å². The number of aromatic nitrogens is 2. The van der Waals surface area contributed by atoms with E-state index in [9.17, 15) is 9.18 Å².